The maximum absolute atomic E-state index is 12.5. The van der Waals surface area contributed by atoms with Gasteiger partial charge in [-0.05, 0) is 53.6 Å². The molecule has 1 aliphatic rings. The lowest BCUT2D eigenvalue weighted by atomic mass is 9.75. The van der Waals surface area contributed by atoms with E-state index in [0.717, 1.165) is 9.13 Å². The molecular weight excluding hydrogens is 365 g/mol. The van der Waals surface area contributed by atoms with Crippen molar-refractivity contribution >= 4 is 34.5 Å². The molecule has 1 amide bonds. The van der Waals surface area contributed by atoms with E-state index in [1.54, 1.807) is 13.1 Å². The smallest absolute Gasteiger partial charge is 0.235 e. The van der Waals surface area contributed by atoms with Gasteiger partial charge in [0.2, 0.25) is 5.91 Å². The van der Waals surface area contributed by atoms with Crippen LogP contribution in [0.5, 0.6) is 0 Å². The van der Waals surface area contributed by atoms with Crippen molar-refractivity contribution < 1.29 is 4.79 Å². The summed E-state index contributed by atoms with van der Waals surface area (Å²) in [6.45, 7) is 5.73. The van der Waals surface area contributed by atoms with Gasteiger partial charge in [-0.15, -0.1) is 6.58 Å². The van der Waals surface area contributed by atoms with E-state index in [1.807, 2.05) is 25.1 Å². The fraction of sp³-hybridized carbons (Fsp3) is 0.333. The molecule has 1 heterocycles. The Morgan fingerprint density at radius 3 is 2.90 bits per heavy atom. The zero-order valence-electron chi connectivity index (χ0n) is 11.6. The fourth-order valence-electron chi connectivity index (χ4n) is 2.60. The lowest BCUT2D eigenvalue weighted by Crippen LogP contribution is -2.63. The second-order valence-electron chi connectivity index (χ2n) is 5.16. The van der Waals surface area contributed by atoms with E-state index >= 15 is 0 Å². The summed E-state index contributed by atoms with van der Waals surface area (Å²) in [6, 6.07) is 8.03. The maximum Gasteiger partial charge on any atom is 0.235 e. The van der Waals surface area contributed by atoms with Crippen molar-refractivity contribution in [1.29, 1.82) is 5.41 Å². The van der Waals surface area contributed by atoms with Crippen molar-refractivity contribution in [3.8, 4) is 0 Å². The number of carbonyl (C=O) groups excluding carboxylic acids is 1. The first-order chi connectivity index (χ1) is 9.40. The van der Waals surface area contributed by atoms with Crippen LogP contribution in [0.15, 0.2) is 36.9 Å². The number of benzene rings is 1. The van der Waals surface area contributed by atoms with Crippen LogP contribution in [-0.4, -0.2) is 23.8 Å². The second-order valence-corrected chi connectivity index (χ2v) is 6.41. The SMILES string of the molecule is C=CC[C@@H]1C(=O)N(C)C(=N)N[C@]1(C)c1cccc(I)c1. The molecule has 0 aliphatic carbocycles. The predicted octanol–water partition coefficient (Wildman–Crippen LogP) is 2.70. The number of allylic oxidation sites excluding steroid dienone is 1. The Kier molecular flexibility index (Phi) is 4.17. The Bertz CT molecular complexity index is 572. The molecule has 2 N–H and O–H groups in total. The Morgan fingerprint density at radius 2 is 2.30 bits per heavy atom. The number of rotatable bonds is 3. The van der Waals surface area contributed by atoms with E-state index in [9.17, 15) is 4.79 Å². The normalized spacial score (nSPS) is 26.4. The zero-order valence-corrected chi connectivity index (χ0v) is 13.8. The van der Waals surface area contributed by atoms with Crippen LogP contribution in [0.4, 0.5) is 0 Å². The summed E-state index contributed by atoms with van der Waals surface area (Å²) < 4.78 is 1.11. The van der Waals surface area contributed by atoms with Crippen LogP contribution < -0.4 is 5.32 Å². The Hall–Kier alpha value is -1.37. The third-order valence-corrected chi connectivity index (χ3v) is 4.54. The highest BCUT2D eigenvalue weighted by Gasteiger charge is 2.46. The number of nitrogens with zero attached hydrogens (tertiary/aromatic N) is 1. The Labute approximate surface area is 132 Å². The number of guanidine groups is 1. The van der Waals surface area contributed by atoms with Crippen LogP contribution >= 0.6 is 22.6 Å². The molecule has 106 valence electrons. The van der Waals surface area contributed by atoms with Crippen molar-refractivity contribution in [3.05, 3.63) is 46.1 Å². The van der Waals surface area contributed by atoms with Gasteiger partial charge in [0.05, 0.1) is 11.5 Å². The van der Waals surface area contributed by atoms with Crippen molar-refractivity contribution in [3.63, 3.8) is 0 Å². The minimum Gasteiger partial charge on any atom is -0.346 e. The average molecular weight is 383 g/mol. The third-order valence-electron chi connectivity index (χ3n) is 3.87. The molecule has 1 saturated heterocycles. The molecule has 0 spiro atoms. The molecule has 5 heteroatoms. The second kappa shape index (κ2) is 5.55. The highest BCUT2D eigenvalue weighted by atomic mass is 127. The number of hydrogen-bond donors (Lipinski definition) is 2. The van der Waals surface area contributed by atoms with Crippen molar-refractivity contribution in [2.75, 3.05) is 7.05 Å². The lowest BCUT2D eigenvalue weighted by Gasteiger charge is -2.45. The molecule has 2 atom stereocenters. The van der Waals surface area contributed by atoms with Crippen LogP contribution in [-0.2, 0) is 10.3 Å². The van der Waals surface area contributed by atoms with E-state index in [4.69, 9.17) is 5.41 Å². The quantitative estimate of drug-likeness (QED) is 0.623. The van der Waals surface area contributed by atoms with Crippen molar-refractivity contribution in [1.82, 2.24) is 10.2 Å². The molecule has 0 saturated carbocycles. The summed E-state index contributed by atoms with van der Waals surface area (Å²) in [5.41, 5.74) is 0.429. The lowest BCUT2D eigenvalue weighted by molar-refractivity contribution is -0.135. The number of amides is 1. The zero-order chi connectivity index (χ0) is 14.9. The summed E-state index contributed by atoms with van der Waals surface area (Å²) in [6.07, 6.45) is 2.34. The van der Waals surface area contributed by atoms with Crippen LogP contribution in [0.1, 0.15) is 18.9 Å². The van der Waals surface area contributed by atoms with Gasteiger partial charge in [-0.25, -0.2) is 0 Å². The average Bonchev–Trinajstić information content (AvgIpc) is 2.41. The summed E-state index contributed by atoms with van der Waals surface area (Å²) in [5, 5.41) is 11.2. The van der Waals surface area contributed by atoms with Crippen molar-refractivity contribution in [2.24, 2.45) is 5.92 Å². The van der Waals surface area contributed by atoms with Crippen LogP contribution in [0.3, 0.4) is 0 Å². The summed E-state index contributed by atoms with van der Waals surface area (Å²) >= 11 is 2.25. The molecule has 0 aromatic heterocycles. The van der Waals surface area contributed by atoms with E-state index in [1.165, 1.54) is 4.90 Å². The third kappa shape index (κ3) is 2.46. The van der Waals surface area contributed by atoms with Gasteiger partial charge in [0.15, 0.2) is 5.96 Å². The monoisotopic (exact) mass is 383 g/mol. The van der Waals surface area contributed by atoms with Crippen LogP contribution in [0, 0.1) is 14.9 Å². The van der Waals surface area contributed by atoms with E-state index < -0.39 is 5.54 Å². The molecule has 2 rings (SSSR count). The van der Waals surface area contributed by atoms with Crippen molar-refractivity contribution in [2.45, 2.75) is 18.9 Å². The number of halogens is 1. The largest absolute Gasteiger partial charge is 0.346 e. The molecule has 1 fully saturated rings. The first-order valence-electron chi connectivity index (χ1n) is 6.41. The standard InChI is InChI=1S/C15H18IN3O/c1-4-6-12-13(20)19(3)14(17)18-15(12,2)10-7-5-8-11(16)9-10/h4-5,7-9,12H,1,6H2,2-3H3,(H2,17,18)/t12-,15-/m1/s1. The highest BCUT2D eigenvalue weighted by Crippen LogP contribution is 2.36. The van der Waals surface area contributed by atoms with Gasteiger partial charge in [0.1, 0.15) is 0 Å². The van der Waals surface area contributed by atoms with Gasteiger partial charge in [-0.3, -0.25) is 15.1 Å². The van der Waals surface area contributed by atoms with Gasteiger partial charge in [0, 0.05) is 10.6 Å². The minimum atomic E-state index is -0.587. The first kappa shape index (κ1) is 15.0. The Morgan fingerprint density at radius 1 is 1.60 bits per heavy atom. The van der Waals surface area contributed by atoms with Crippen LogP contribution in [0.25, 0.3) is 0 Å². The summed E-state index contributed by atoms with van der Waals surface area (Å²) in [4.78, 5) is 13.9. The van der Waals surface area contributed by atoms with Gasteiger partial charge in [-0.1, -0.05) is 18.2 Å². The number of carbonyl (C=O) groups is 1. The summed E-state index contributed by atoms with van der Waals surface area (Å²) in [5.74, 6) is -0.177. The number of nitrogens with one attached hydrogen (secondary N) is 2. The molecular formula is C15H18IN3O. The van der Waals surface area contributed by atoms with Crippen LogP contribution in [0.2, 0.25) is 0 Å². The topological polar surface area (TPSA) is 56.2 Å². The molecule has 1 aromatic rings. The summed E-state index contributed by atoms with van der Waals surface area (Å²) in [7, 11) is 1.63. The maximum atomic E-state index is 12.5. The molecule has 4 nitrogen and oxygen atoms in total. The van der Waals surface area contributed by atoms with Gasteiger partial charge < -0.3 is 5.32 Å². The first-order valence-corrected chi connectivity index (χ1v) is 7.49. The van der Waals surface area contributed by atoms with Gasteiger partial charge in [0.25, 0.3) is 0 Å². The van der Waals surface area contributed by atoms with E-state index in [0.29, 0.717) is 6.42 Å². The fourth-order valence-corrected chi connectivity index (χ4v) is 3.14. The van der Waals surface area contributed by atoms with Gasteiger partial charge in [-0.2, -0.15) is 0 Å². The molecule has 1 aromatic carbocycles. The molecule has 0 unspecified atom stereocenters. The molecule has 1 aliphatic heterocycles. The predicted molar refractivity (Wildman–Crippen MR) is 88.4 cm³/mol. The number of hydrogen-bond acceptors (Lipinski definition) is 2. The molecule has 20 heavy (non-hydrogen) atoms. The van der Waals surface area contributed by atoms with E-state index in [-0.39, 0.29) is 17.8 Å². The molecule has 0 bridgehead atoms. The Balaban J connectivity index is 2.51. The van der Waals surface area contributed by atoms with Gasteiger partial charge >= 0.3 is 0 Å². The van der Waals surface area contributed by atoms with E-state index in [2.05, 4.69) is 40.6 Å². The highest BCUT2D eigenvalue weighted by molar-refractivity contribution is 14.1. The molecule has 0 radical (unpaired) electrons. The minimum absolute atomic E-state index is 0.0463.